The van der Waals surface area contributed by atoms with E-state index in [2.05, 4.69) is 53.8 Å². The van der Waals surface area contributed by atoms with Gasteiger partial charge >= 0.3 is 0 Å². The summed E-state index contributed by atoms with van der Waals surface area (Å²) in [7, 11) is 0. The topological polar surface area (TPSA) is 51.0 Å². The first kappa shape index (κ1) is 13.6. The van der Waals surface area contributed by atoms with E-state index in [9.17, 15) is 0 Å². The van der Waals surface area contributed by atoms with Gasteiger partial charge in [-0.3, -0.25) is 0 Å². The monoisotopic (exact) mass is 289 g/mol. The molecule has 0 aliphatic carbocycles. The van der Waals surface area contributed by atoms with Crippen LogP contribution in [0.3, 0.4) is 0 Å². The minimum Gasteiger partial charge on any atom is -0.338 e. The Kier molecular flexibility index (Phi) is 3.56. The first-order valence-corrected chi connectivity index (χ1v) is 8.00. The molecule has 0 amide bonds. The zero-order chi connectivity index (χ0) is 14.2. The van der Waals surface area contributed by atoms with E-state index in [4.69, 9.17) is 4.52 Å². The quantitative estimate of drug-likeness (QED) is 0.937. The molecule has 0 bridgehead atoms. The van der Waals surface area contributed by atoms with Gasteiger partial charge in [0.25, 0.3) is 0 Å². The number of thioether (sulfide) groups is 1. The van der Waals surface area contributed by atoms with E-state index in [0.29, 0.717) is 0 Å². The van der Waals surface area contributed by atoms with Gasteiger partial charge in [0.05, 0.1) is 0 Å². The second-order valence-corrected chi connectivity index (χ2v) is 6.61. The summed E-state index contributed by atoms with van der Waals surface area (Å²) in [4.78, 5) is 4.60. The fourth-order valence-electron chi connectivity index (χ4n) is 2.41. The van der Waals surface area contributed by atoms with E-state index in [-0.39, 0.29) is 4.75 Å². The summed E-state index contributed by atoms with van der Waals surface area (Å²) < 4.78 is 5.46. The molecule has 0 spiro atoms. The normalized spacial score (nSPS) is 16.9. The van der Waals surface area contributed by atoms with E-state index in [1.165, 1.54) is 16.7 Å². The lowest BCUT2D eigenvalue weighted by Gasteiger charge is -2.37. The average molecular weight is 289 g/mol. The van der Waals surface area contributed by atoms with Crippen LogP contribution in [0, 0.1) is 13.8 Å². The van der Waals surface area contributed by atoms with Crippen LogP contribution in [0.5, 0.6) is 0 Å². The van der Waals surface area contributed by atoms with Gasteiger partial charge in [-0.2, -0.15) is 4.98 Å². The number of nitrogens with zero attached hydrogens (tertiary/aromatic N) is 2. The molecule has 1 aromatic heterocycles. The minimum atomic E-state index is -0.0209. The molecule has 20 heavy (non-hydrogen) atoms. The zero-order valence-corrected chi connectivity index (χ0v) is 12.9. The first-order valence-electron chi connectivity index (χ1n) is 6.78. The van der Waals surface area contributed by atoms with E-state index < -0.39 is 0 Å². The average Bonchev–Trinajstić information content (AvgIpc) is 2.82. The Morgan fingerprint density at radius 1 is 1.35 bits per heavy atom. The second-order valence-electron chi connectivity index (χ2n) is 5.42. The highest BCUT2D eigenvalue weighted by Crippen LogP contribution is 2.37. The Morgan fingerprint density at radius 3 is 2.80 bits per heavy atom. The van der Waals surface area contributed by atoms with Crippen molar-refractivity contribution in [2.45, 2.75) is 25.0 Å². The Hall–Kier alpha value is -1.33. The predicted molar refractivity (Wildman–Crippen MR) is 81.1 cm³/mol. The molecule has 2 heterocycles. The molecule has 1 saturated heterocycles. The largest absolute Gasteiger partial charge is 0.338 e. The summed E-state index contributed by atoms with van der Waals surface area (Å²) in [6.45, 7) is 6.03. The molecule has 4 nitrogen and oxygen atoms in total. The van der Waals surface area contributed by atoms with Gasteiger partial charge in [-0.15, -0.1) is 11.8 Å². The molecule has 106 valence electrons. The highest BCUT2D eigenvalue weighted by atomic mass is 32.2. The first-order chi connectivity index (χ1) is 9.63. The van der Waals surface area contributed by atoms with Crippen molar-refractivity contribution in [3.05, 3.63) is 46.6 Å². The number of aryl methyl sites for hydroxylation is 2. The molecule has 1 N–H and O–H groups in total. The molecule has 1 aliphatic rings. The second kappa shape index (κ2) is 5.22. The minimum absolute atomic E-state index is 0.0209. The van der Waals surface area contributed by atoms with Crippen molar-refractivity contribution in [3.8, 4) is 0 Å². The van der Waals surface area contributed by atoms with Crippen molar-refractivity contribution < 1.29 is 4.52 Å². The van der Waals surface area contributed by atoms with Crippen LogP contribution < -0.4 is 5.32 Å². The summed E-state index contributed by atoms with van der Waals surface area (Å²) >= 11 is 1.78. The van der Waals surface area contributed by atoms with Crippen LogP contribution in [0.1, 0.15) is 28.4 Å². The number of nitrogens with one attached hydrogen (secondary N) is 1. The van der Waals surface area contributed by atoms with Gasteiger partial charge in [-0.05, 0) is 31.2 Å². The molecule has 0 unspecified atom stereocenters. The van der Waals surface area contributed by atoms with Crippen LogP contribution in [0.25, 0.3) is 0 Å². The SMILES string of the molecule is CSC1(c2nc(Cc3cc(C)ccc3C)no2)CNC1. The number of hydrogen-bond donors (Lipinski definition) is 1. The van der Waals surface area contributed by atoms with Crippen molar-refractivity contribution in [2.75, 3.05) is 19.3 Å². The van der Waals surface area contributed by atoms with Crippen LogP contribution in [-0.4, -0.2) is 29.5 Å². The van der Waals surface area contributed by atoms with Crippen molar-refractivity contribution in [1.82, 2.24) is 15.5 Å². The third kappa shape index (κ3) is 2.36. The predicted octanol–water partition coefficient (Wildman–Crippen LogP) is 2.44. The summed E-state index contributed by atoms with van der Waals surface area (Å²) in [5.41, 5.74) is 3.80. The van der Waals surface area contributed by atoms with E-state index in [1.54, 1.807) is 11.8 Å². The molecule has 0 radical (unpaired) electrons. The molecule has 0 saturated carbocycles. The van der Waals surface area contributed by atoms with Gasteiger partial charge in [0, 0.05) is 19.5 Å². The molecule has 5 heteroatoms. The van der Waals surface area contributed by atoms with Gasteiger partial charge in [0.1, 0.15) is 4.75 Å². The summed E-state index contributed by atoms with van der Waals surface area (Å²) in [5, 5.41) is 7.43. The smallest absolute Gasteiger partial charge is 0.245 e. The molecule has 1 fully saturated rings. The lowest BCUT2D eigenvalue weighted by Crippen LogP contribution is -2.54. The van der Waals surface area contributed by atoms with E-state index >= 15 is 0 Å². The van der Waals surface area contributed by atoms with Gasteiger partial charge in [-0.1, -0.05) is 28.9 Å². The van der Waals surface area contributed by atoms with Crippen LogP contribution in [-0.2, 0) is 11.2 Å². The van der Waals surface area contributed by atoms with Gasteiger partial charge in [-0.25, -0.2) is 0 Å². The Labute approximate surface area is 123 Å². The number of hydrogen-bond acceptors (Lipinski definition) is 5. The highest BCUT2D eigenvalue weighted by Gasteiger charge is 2.43. The molecule has 1 aromatic carbocycles. The maximum absolute atomic E-state index is 5.48. The summed E-state index contributed by atoms with van der Waals surface area (Å²) in [6.07, 6.45) is 2.82. The van der Waals surface area contributed by atoms with Crippen molar-refractivity contribution in [3.63, 3.8) is 0 Å². The third-order valence-electron chi connectivity index (χ3n) is 3.92. The maximum Gasteiger partial charge on any atom is 0.245 e. The Balaban J connectivity index is 1.82. The molecule has 0 atom stereocenters. The lowest BCUT2D eigenvalue weighted by molar-refractivity contribution is 0.282. The van der Waals surface area contributed by atoms with Crippen LogP contribution in [0.2, 0.25) is 0 Å². The summed E-state index contributed by atoms with van der Waals surface area (Å²) in [5.74, 6) is 1.53. The van der Waals surface area contributed by atoms with Crippen LogP contribution >= 0.6 is 11.8 Å². The van der Waals surface area contributed by atoms with Gasteiger partial charge < -0.3 is 9.84 Å². The number of benzene rings is 1. The van der Waals surface area contributed by atoms with Gasteiger partial charge in [0.15, 0.2) is 5.82 Å². The lowest BCUT2D eigenvalue weighted by atomic mass is 10.0. The Morgan fingerprint density at radius 2 is 2.15 bits per heavy atom. The van der Waals surface area contributed by atoms with Gasteiger partial charge in [0.2, 0.25) is 5.89 Å². The van der Waals surface area contributed by atoms with Crippen LogP contribution in [0.15, 0.2) is 22.7 Å². The fraction of sp³-hybridized carbons (Fsp3) is 0.467. The fourth-order valence-corrected chi connectivity index (χ4v) is 3.16. The van der Waals surface area contributed by atoms with E-state index in [0.717, 1.165) is 31.2 Å². The molecule has 2 aromatic rings. The summed E-state index contributed by atoms with van der Waals surface area (Å²) in [6, 6.07) is 6.47. The Bertz CT molecular complexity index is 614. The standard InChI is InChI=1S/C15H19N3OS/c1-10-4-5-11(2)12(6-10)7-13-17-14(19-18-13)15(20-3)8-16-9-15/h4-6,16H,7-9H2,1-3H3. The van der Waals surface area contributed by atoms with Crippen molar-refractivity contribution in [2.24, 2.45) is 0 Å². The molecular weight excluding hydrogens is 270 g/mol. The van der Waals surface area contributed by atoms with Crippen LogP contribution in [0.4, 0.5) is 0 Å². The number of rotatable bonds is 4. The van der Waals surface area contributed by atoms with Crippen molar-refractivity contribution in [1.29, 1.82) is 0 Å². The molecule has 1 aliphatic heterocycles. The highest BCUT2D eigenvalue weighted by molar-refractivity contribution is 7.99. The zero-order valence-electron chi connectivity index (χ0n) is 12.1. The molecular formula is C15H19N3OS. The maximum atomic E-state index is 5.48. The third-order valence-corrected chi connectivity index (χ3v) is 5.17. The van der Waals surface area contributed by atoms with E-state index in [1.807, 2.05) is 0 Å². The van der Waals surface area contributed by atoms with Crippen molar-refractivity contribution >= 4 is 11.8 Å². The number of aromatic nitrogens is 2. The molecule has 3 rings (SSSR count).